The Kier molecular flexibility index (Phi) is 6.48. The van der Waals surface area contributed by atoms with Crippen LogP contribution in [-0.2, 0) is 26.0 Å². The number of anilines is 2. The van der Waals surface area contributed by atoms with Crippen LogP contribution in [-0.4, -0.2) is 43.5 Å². The number of benzene rings is 2. The molecule has 0 bridgehead atoms. The molecule has 0 aromatic heterocycles. The summed E-state index contributed by atoms with van der Waals surface area (Å²) in [6.45, 7) is 5.50. The number of thioether (sulfide) groups is 1. The standard InChI is InChI=1S/C23H27N3O4S2/c1-3-16-5-4-6-17(13-16)25-32(29,30)18-7-8-20-19(14-18)24-22(27)21(31-20)23(28)26-11-9-15(2)10-12-26/h4-8,13-15,21,25H,3,9-12H2,1-2H3,(H,24,27)/t21-/m1/s1. The molecule has 0 radical (unpaired) electrons. The van der Waals surface area contributed by atoms with Gasteiger partial charge in [-0.25, -0.2) is 8.42 Å². The number of hydrogen-bond acceptors (Lipinski definition) is 5. The molecule has 2 amide bonds. The summed E-state index contributed by atoms with van der Waals surface area (Å²) in [5, 5.41) is 1.88. The highest BCUT2D eigenvalue weighted by atomic mass is 32.2. The Morgan fingerprint density at radius 2 is 1.94 bits per heavy atom. The maximum Gasteiger partial charge on any atom is 0.261 e. The zero-order valence-electron chi connectivity index (χ0n) is 18.1. The number of amides is 2. The fourth-order valence-corrected chi connectivity index (χ4v) is 6.01. The van der Waals surface area contributed by atoms with Crippen LogP contribution >= 0.6 is 11.8 Å². The highest BCUT2D eigenvalue weighted by Gasteiger charge is 2.37. The Morgan fingerprint density at radius 1 is 1.19 bits per heavy atom. The number of nitrogens with zero attached hydrogens (tertiary/aromatic N) is 1. The molecule has 0 saturated carbocycles. The minimum absolute atomic E-state index is 0.0499. The van der Waals surface area contributed by atoms with E-state index in [-0.39, 0.29) is 10.8 Å². The number of fused-ring (bicyclic) bond motifs is 1. The molecule has 170 valence electrons. The van der Waals surface area contributed by atoms with Crippen molar-refractivity contribution in [2.75, 3.05) is 23.1 Å². The van der Waals surface area contributed by atoms with Gasteiger partial charge in [0.25, 0.3) is 10.0 Å². The van der Waals surface area contributed by atoms with E-state index in [1.54, 1.807) is 29.2 Å². The number of likely N-dealkylation sites (tertiary alicyclic amines) is 1. The maximum atomic E-state index is 12.9. The van der Waals surface area contributed by atoms with Crippen LogP contribution in [0.3, 0.4) is 0 Å². The van der Waals surface area contributed by atoms with Crippen molar-refractivity contribution in [3.63, 3.8) is 0 Å². The van der Waals surface area contributed by atoms with Gasteiger partial charge in [-0.3, -0.25) is 14.3 Å². The molecule has 2 aliphatic rings. The number of nitrogens with one attached hydrogen (secondary N) is 2. The Labute approximate surface area is 193 Å². The lowest BCUT2D eigenvalue weighted by atomic mass is 9.99. The topological polar surface area (TPSA) is 95.6 Å². The average Bonchev–Trinajstić information content (AvgIpc) is 2.78. The first kappa shape index (κ1) is 22.7. The molecular formula is C23H27N3O4S2. The number of piperidine rings is 1. The van der Waals surface area contributed by atoms with Crippen molar-refractivity contribution in [2.24, 2.45) is 5.92 Å². The zero-order chi connectivity index (χ0) is 22.9. The van der Waals surface area contributed by atoms with Gasteiger partial charge in [-0.2, -0.15) is 0 Å². The summed E-state index contributed by atoms with van der Waals surface area (Å²) in [5.41, 5.74) is 1.92. The number of aryl methyl sites for hydroxylation is 1. The quantitative estimate of drug-likeness (QED) is 0.646. The fraction of sp³-hybridized carbons (Fsp3) is 0.391. The highest BCUT2D eigenvalue weighted by Crippen LogP contribution is 2.38. The molecule has 2 aromatic carbocycles. The van der Waals surface area contributed by atoms with Crippen LogP contribution < -0.4 is 10.0 Å². The Balaban J connectivity index is 1.51. The van der Waals surface area contributed by atoms with Gasteiger partial charge in [-0.1, -0.05) is 26.0 Å². The molecule has 2 aliphatic heterocycles. The predicted molar refractivity (Wildman–Crippen MR) is 126 cm³/mol. The van der Waals surface area contributed by atoms with Crippen LogP contribution in [0.15, 0.2) is 52.3 Å². The van der Waals surface area contributed by atoms with E-state index in [1.165, 1.54) is 23.9 Å². The lowest BCUT2D eigenvalue weighted by Crippen LogP contribution is -2.47. The third-order valence-electron chi connectivity index (χ3n) is 5.91. The molecule has 7 nitrogen and oxygen atoms in total. The second-order valence-corrected chi connectivity index (χ2v) is 11.1. The Morgan fingerprint density at radius 3 is 2.66 bits per heavy atom. The van der Waals surface area contributed by atoms with Gasteiger partial charge >= 0.3 is 0 Å². The molecule has 9 heteroatoms. The summed E-state index contributed by atoms with van der Waals surface area (Å²) in [6, 6.07) is 11.8. The van der Waals surface area contributed by atoms with Crippen molar-refractivity contribution in [2.45, 2.75) is 48.2 Å². The zero-order valence-corrected chi connectivity index (χ0v) is 19.8. The molecule has 2 N–H and O–H groups in total. The van der Waals surface area contributed by atoms with E-state index >= 15 is 0 Å². The van der Waals surface area contributed by atoms with Gasteiger partial charge in [0.05, 0.1) is 10.6 Å². The van der Waals surface area contributed by atoms with Gasteiger partial charge in [-0.15, -0.1) is 11.8 Å². The van der Waals surface area contributed by atoms with Crippen LogP contribution in [0.2, 0.25) is 0 Å². The molecule has 0 unspecified atom stereocenters. The van der Waals surface area contributed by atoms with Crippen LogP contribution in [0.25, 0.3) is 0 Å². The molecule has 4 rings (SSSR count). The minimum Gasteiger partial charge on any atom is -0.341 e. The van der Waals surface area contributed by atoms with Crippen molar-refractivity contribution < 1.29 is 18.0 Å². The van der Waals surface area contributed by atoms with E-state index in [0.29, 0.717) is 35.3 Å². The molecule has 0 spiro atoms. The van der Waals surface area contributed by atoms with Gasteiger partial charge in [0.1, 0.15) is 0 Å². The Bertz CT molecular complexity index is 1140. The monoisotopic (exact) mass is 473 g/mol. The predicted octanol–water partition coefficient (Wildman–Crippen LogP) is 3.72. The largest absolute Gasteiger partial charge is 0.341 e. The summed E-state index contributed by atoms with van der Waals surface area (Å²) < 4.78 is 28.4. The molecule has 32 heavy (non-hydrogen) atoms. The first-order valence-corrected chi connectivity index (χ1v) is 13.1. The highest BCUT2D eigenvalue weighted by molar-refractivity contribution is 8.01. The smallest absolute Gasteiger partial charge is 0.261 e. The summed E-state index contributed by atoms with van der Waals surface area (Å²) in [4.78, 5) is 28.1. The van der Waals surface area contributed by atoms with Crippen molar-refractivity contribution in [3.05, 3.63) is 48.0 Å². The van der Waals surface area contributed by atoms with E-state index < -0.39 is 21.2 Å². The number of carbonyl (C=O) groups is 2. The average molecular weight is 474 g/mol. The van der Waals surface area contributed by atoms with E-state index in [1.807, 2.05) is 13.0 Å². The molecule has 1 fully saturated rings. The number of rotatable bonds is 5. The molecular weight excluding hydrogens is 446 g/mol. The lowest BCUT2D eigenvalue weighted by molar-refractivity contribution is -0.135. The second kappa shape index (κ2) is 9.15. The summed E-state index contributed by atoms with van der Waals surface area (Å²) in [7, 11) is -3.83. The van der Waals surface area contributed by atoms with Crippen molar-refractivity contribution in [1.82, 2.24) is 4.90 Å². The van der Waals surface area contributed by atoms with Crippen LogP contribution in [0.1, 0.15) is 32.3 Å². The van der Waals surface area contributed by atoms with E-state index in [0.717, 1.165) is 24.8 Å². The summed E-state index contributed by atoms with van der Waals surface area (Å²) in [6.07, 6.45) is 2.68. The van der Waals surface area contributed by atoms with Crippen LogP contribution in [0.5, 0.6) is 0 Å². The van der Waals surface area contributed by atoms with Crippen LogP contribution in [0, 0.1) is 5.92 Å². The minimum atomic E-state index is -3.83. The fourth-order valence-electron chi connectivity index (χ4n) is 3.88. The normalized spacial score (nSPS) is 19.2. The molecule has 1 saturated heterocycles. The van der Waals surface area contributed by atoms with Gasteiger partial charge in [0.2, 0.25) is 11.8 Å². The van der Waals surface area contributed by atoms with E-state index in [4.69, 9.17) is 0 Å². The molecule has 2 heterocycles. The van der Waals surface area contributed by atoms with Gasteiger partial charge < -0.3 is 10.2 Å². The molecule has 1 atom stereocenters. The Hall–Kier alpha value is -2.52. The van der Waals surface area contributed by atoms with Gasteiger partial charge in [-0.05, 0) is 61.1 Å². The maximum absolute atomic E-state index is 12.9. The third kappa shape index (κ3) is 4.78. The SMILES string of the molecule is CCc1cccc(NS(=O)(=O)c2ccc3c(c2)NC(=O)[C@H](C(=O)N2CCC(C)CC2)S3)c1. The van der Waals surface area contributed by atoms with Gasteiger partial charge in [0, 0.05) is 23.7 Å². The molecule has 2 aromatic rings. The number of hydrogen-bond donors (Lipinski definition) is 2. The lowest BCUT2D eigenvalue weighted by Gasteiger charge is -2.33. The first-order chi connectivity index (χ1) is 15.3. The van der Waals surface area contributed by atoms with Crippen molar-refractivity contribution in [1.29, 1.82) is 0 Å². The molecule has 0 aliphatic carbocycles. The number of carbonyl (C=O) groups excluding carboxylic acids is 2. The second-order valence-electron chi connectivity index (χ2n) is 8.31. The number of sulfonamides is 1. The van der Waals surface area contributed by atoms with Gasteiger partial charge in [0.15, 0.2) is 5.25 Å². The van der Waals surface area contributed by atoms with Crippen molar-refractivity contribution >= 4 is 45.0 Å². The van der Waals surface area contributed by atoms with Crippen LogP contribution in [0.4, 0.5) is 11.4 Å². The van der Waals surface area contributed by atoms with E-state index in [9.17, 15) is 18.0 Å². The first-order valence-electron chi connectivity index (χ1n) is 10.8. The van der Waals surface area contributed by atoms with E-state index in [2.05, 4.69) is 17.0 Å². The van der Waals surface area contributed by atoms with Crippen molar-refractivity contribution in [3.8, 4) is 0 Å². The summed E-state index contributed by atoms with van der Waals surface area (Å²) >= 11 is 1.18. The third-order valence-corrected chi connectivity index (χ3v) is 8.55. The summed E-state index contributed by atoms with van der Waals surface area (Å²) in [5.74, 6) is -0.00506.